The molecule has 0 fully saturated rings. The molecule has 2 N–H and O–H groups in total. The van der Waals surface area contributed by atoms with Crippen LogP contribution in [0.5, 0.6) is 0 Å². The predicted molar refractivity (Wildman–Crippen MR) is 95.3 cm³/mol. The number of allylic oxidation sites excluding steroid dienone is 1. The fourth-order valence-corrected chi connectivity index (χ4v) is 4.26. The number of amides is 1. The molecule has 0 aromatic heterocycles. The Morgan fingerprint density at radius 3 is 3.08 bits per heavy atom. The van der Waals surface area contributed by atoms with Gasteiger partial charge in [0.2, 0.25) is 5.91 Å². The first-order valence-corrected chi connectivity index (χ1v) is 8.73. The van der Waals surface area contributed by atoms with E-state index in [-0.39, 0.29) is 24.5 Å². The second-order valence-corrected chi connectivity index (χ2v) is 7.25. The monoisotopic (exact) mass is 324 g/mol. The standard InChI is InChI=1S/C20H24N2O2/c1-12(11-23)21-20(24)15-8-17-16-5-3-4-13-6-7-14(19(13)16)9-18(17)22(2)10-15/h3-5,7-8,12,15,18,23H,6,9-11H2,1-2H3,(H,21,24)/t12-,15-,18+/m0/s1. The molecule has 2 aliphatic carbocycles. The third-order valence-corrected chi connectivity index (χ3v) is 5.52. The van der Waals surface area contributed by atoms with Gasteiger partial charge < -0.3 is 10.4 Å². The summed E-state index contributed by atoms with van der Waals surface area (Å²) in [5, 5.41) is 12.1. The first kappa shape index (κ1) is 15.6. The van der Waals surface area contributed by atoms with Crippen LogP contribution >= 0.6 is 0 Å². The van der Waals surface area contributed by atoms with Crippen LogP contribution < -0.4 is 5.32 Å². The molecule has 1 heterocycles. The number of carbonyl (C=O) groups is 1. The van der Waals surface area contributed by atoms with Crippen LogP contribution in [0.2, 0.25) is 0 Å². The summed E-state index contributed by atoms with van der Waals surface area (Å²) >= 11 is 0. The SMILES string of the molecule is C[C@@H](CO)NC(=O)[C@H]1C=C2c3cccc4c3C(=CC4)C[C@H]2N(C)C1. The molecule has 4 nitrogen and oxygen atoms in total. The molecule has 4 heteroatoms. The van der Waals surface area contributed by atoms with Gasteiger partial charge in [-0.3, -0.25) is 9.69 Å². The van der Waals surface area contributed by atoms with E-state index in [1.54, 1.807) is 0 Å². The topological polar surface area (TPSA) is 52.6 Å². The average molecular weight is 324 g/mol. The van der Waals surface area contributed by atoms with Crippen molar-refractivity contribution in [2.45, 2.75) is 31.8 Å². The summed E-state index contributed by atoms with van der Waals surface area (Å²) < 4.78 is 0. The van der Waals surface area contributed by atoms with Crippen molar-refractivity contribution >= 4 is 17.1 Å². The minimum Gasteiger partial charge on any atom is -0.394 e. The normalized spacial score (nSPS) is 26.1. The highest BCUT2D eigenvalue weighted by Crippen LogP contribution is 2.46. The molecule has 3 aliphatic rings. The first-order valence-electron chi connectivity index (χ1n) is 8.73. The number of fused-ring (bicyclic) bond motifs is 2. The molecular weight excluding hydrogens is 300 g/mol. The number of benzene rings is 1. The third-order valence-electron chi connectivity index (χ3n) is 5.52. The number of hydrogen-bond acceptors (Lipinski definition) is 3. The fourth-order valence-electron chi connectivity index (χ4n) is 4.26. The zero-order chi connectivity index (χ0) is 16.8. The lowest BCUT2D eigenvalue weighted by molar-refractivity contribution is -0.125. The van der Waals surface area contributed by atoms with Gasteiger partial charge in [-0.1, -0.05) is 30.4 Å². The summed E-state index contributed by atoms with van der Waals surface area (Å²) in [7, 11) is 2.11. The van der Waals surface area contributed by atoms with Crippen molar-refractivity contribution in [1.29, 1.82) is 0 Å². The van der Waals surface area contributed by atoms with Crippen molar-refractivity contribution < 1.29 is 9.90 Å². The number of likely N-dealkylation sites (N-methyl/N-ethyl adjacent to an activating group) is 1. The molecule has 24 heavy (non-hydrogen) atoms. The van der Waals surface area contributed by atoms with Gasteiger partial charge in [-0.25, -0.2) is 0 Å². The number of carbonyl (C=O) groups excluding carboxylic acids is 1. The van der Waals surface area contributed by atoms with Crippen LogP contribution in [0.25, 0.3) is 11.1 Å². The maximum Gasteiger partial charge on any atom is 0.228 e. The van der Waals surface area contributed by atoms with Crippen molar-refractivity contribution in [3.05, 3.63) is 47.0 Å². The second kappa shape index (κ2) is 5.87. The quantitative estimate of drug-likeness (QED) is 0.892. The number of nitrogens with zero attached hydrogens (tertiary/aromatic N) is 1. The van der Waals surface area contributed by atoms with Crippen LogP contribution in [0.15, 0.2) is 30.4 Å². The molecule has 4 rings (SSSR count). The van der Waals surface area contributed by atoms with Gasteiger partial charge in [0, 0.05) is 18.6 Å². The van der Waals surface area contributed by atoms with Crippen LogP contribution in [0, 0.1) is 5.92 Å². The van der Waals surface area contributed by atoms with E-state index in [9.17, 15) is 9.90 Å². The summed E-state index contributed by atoms with van der Waals surface area (Å²) in [4.78, 5) is 14.8. The molecule has 1 aromatic carbocycles. The van der Waals surface area contributed by atoms with Crippen LogP contribution in [0.4, 0.5) is 0 Å². The highest BCUT2D eigenvalue weighted by Gasteiger charge is 2.37. The summed E-state index contributed by atoms with van der Waals surface area (Å²) in [5.41, 5.74) is 6.86. The Morgan fingerprint density at radius 1 is 1.46 bits per heavy atom. The lowest BCUT2D eigenvalue weighted by Crippen LogP contribution is -2.48. The second-order valence-electron chi connectivity index (χ2n) is 7.25. The molecule has 0 saturated heterocycles. The van der Waals surface area contributed by atoms with Gasteiger partial charge in [-0.05, 0) is 54.6 Å². The van der Waals surface area contributed by atoms with E-state index >= 15 is 0 Å². The van der Waals surface area contributed by atoms with Gasteiger partial charge in [0.25, 0.3) is 0 Å². The molecule has 3 atom stereocenters. The van der Waals surface area contributed by atoms with Crippen molar-refractivity contribution in [3.63, 3.8) is 0 Å². The number of aliphatic hydroxyl groups excluding tert-OH is 1. The highest BCUT2D eigenvalue weighted by atomic mass is 16.3. The zero-order valence-electron chi connectivity index (χ0n) is 14.2. The molecule has 1 aliphatic heterocycles. The van der Waals surface area contributed by atoms with Gasteiger partial charge in [0.15, 0.2) is 0 Å². The Kier molecular flexibility index (Phi) is 3.82. The van der Waals surface area contributed by atoms with E-state index in [1.807, 2.05) is 6.92 Å². The van der Waals surface area contributed by atoms with Gasteiger partial charge in [0.1, 0.15) is 0 Å². The summed E-state index contributed by atoms with van der Waals surface area (Å²) in [5.74, 6) is -0.165. The van der Waals surface area contributed by atoms with Crippen LogP contribution in [-0.2, 0) is 11.2 Å². The predicted octanol–water partition coefficient (Wildman–Crippen LogP) is 1.84. The van der Waals surface area contributed by atoms with Gasteiger partial charge >= 0.3 is 0 Å². The van der Waals surface area contributed by atoms with Gasteiger partial charge in [-0.15, -0.1) is 0 Å². The fraction of sp³-hybridized carbons (Fsp3) is 0.450. The number of hydrogen-bond donors (Lipinski definition) is 2. The van der Waals surface area contributed by atoms with Gasteiger partial charge in [0.05, 0.1) is 12.5 Å². The Morgan fingerprint density at radius 2 is 2.29 bits per heavy atom. The molecule has 0 saturated carbocycles. The minimum atomic E-state index is -0.208. The Hall–Kier alpha value is -1.91. The van der Waals surface area contributed by atoms with Crippen molar-refractivity contribution in [2.75, 3.05) is 20.2 Å². The highest BCUT2D eigenvalue weighted by molar-refractivity contribution is 5.93. The largest absolute Gasteiger partial charge is 0.394 e. The van der Waals surface area contributed by atoms with Crippen molar-refractivity contribution in [2.24, 2.45) is 5.92 Å². The molecule has 1 aromatic rings. The van der Waals surface area contributed by atoms with Crippen molar-refractivity contribution in [3.8, 4) is 0 Å². The molecule has 1 amide bonds. The van der Waals surface area contributed by atoms with Crippen LogP contribution in [0.3, 0.4) is 0 Å². The number of aliphatic hydroxyl groups is 1. The lowest BCUT2D eigenvalue weighted by atomic mass is 9.77. The van der Waals surface area contributed by atoms with E-state index in [0.29, 0.717) is 6.04 Å². The summed E-state index contributed by atoms with van der Waals surface area (Å²) in [6, 6.07) is 6.69. The molecule has 0 spiro atoms. The van der Waals surface area contributed by atoms with E-state index in [2.05, 4.69) is 47.6 Å². The third kappa shape index (κ3) is 2.41. The molecule has 0 unspecified atom stereocenters. The van der Waals surface area contributed by atoms with Crippen LogP contribution in [0.1, 0.15) is 30.0 Å². The van der Waals surface area contributed by atoms with Crippen molar-refractivity contribution in [1.82, 2.24) is 10.2 Å². The molecule has 0 radical (unpaired) electrons. The number of nitrogens with one attached hydrogen (secondary N) is 1. The minimum absolute atomic E-state index is 0.00302. The van der Waals surface area contributed by atoms with Gasteiger partial charge in [-0.2, -0.15) is 0 Å². The maximum atomic E-state index is 12.5. The maximum absolute atomic E-state index is 12.5. The molecule has 0 bridgehead atoms. The Bertz CT molecular complexity index is 750. The van der Waals surface area contributed by atoms with E-state index in [4.69, 9.17) is 0 Å². The van der Waals surface area contributed by atoms with E-state index < -0.39 is 0 Å². The van der Waals surface area contributed by atoms with E-state index in [0.717, 1.165) is 19.4 Å². The Labute approximate surface area is 142 Å². The number of rotatable bonds is 3. The molecular formula is C20H24N2O2. The molecule has 126 valence electrons. The zero-order valence-corrected chi connectivity index (χ0v) is 14.2. The first-order chi connectivity index (χ1) is 11.6. The lowest BCUT2D eigenvalue weighted by Gasteiger charge is -2.41. The summed E-state index contributed by atoms with van der Waals surface area (Å²) in [6.07, 6.45) is 6.59. The summed E-state index contributed by atoms with van der Waals surface area (Å²) in [6.45, 7) is 2.51. The average Bonchev–Trinajstić information content (AvgIpc) is 3.00. The smallest absolute Gasteiger partial charge is 0.228 e. The van der Waals surface area contributed by atoms with E-state index in [1.165, 1.54) is 27.8 Å². The Balaban J connectivity index is 1.72. The van der Waals surface area contributed by atoms with Crippen LogP contribution in [-0.4, -0.2) is 48.2 Å².